The number of piperidine rings is 1. The number of nitrogens with zero attached hydrogens (tertiary/aromatic N) is 1. The predicted molar refractivity (Wildman–Crippen MR) is 93.4 cm³/mol. The van der Waals surface area contributed by atoms with Crippen molar-refractivity contribution in [1.82, 2.24) is 10.2 Å². The van der Waals surface area contributed by atoms with E-state index in [9.17, 15) is 24.6 Å². The van der Waals surface area contributed by atoms with Crippen molar-refractivity contribution in [2.45, 2.75) is 75.1 Å². The molecule has 1 heterocycles. The molecule has 6 aliphatic rings. The minimum absolute atomic E-state index is 0.00472. The van der Waals surface area contributed by atoms with Crippen molar-refractivity contribution in [3.63, 3.8) is 0 Å². The average Bonchev–Trinajstić information content (AvgIpc) is 3.19. The first-order valence-electron chi connectivity index (χ1n) is 10.0. The quantitative estimate of drug-likeness (QED) is 0.564. The summed E-state index contributed by atoms with van der Waals surface area (Å²) in [5.74, 6) is 0.130. The number of amides is 3. The van der Waals surface area contributed by atoms with Crippen molar-refractivity contribution in [3.8, 4) is 0 Å². The van der Waals surface area contributed by atoms with Gasteiger partial charge in [-0.3, -0.25) is 9.59 Å². The van der Waals surface area contributed by atoms with Crippen LogP contribution in [0.1, 0.15) is 51.4 Å². The lowest BCUT2D eigenvalue weighted by Crippen LogP contribution is -2.67. The Morgan fingerprint density at radius 1 is 1.07 bits per heavy atom. The summed E-state index contributed by atoms with van der Waals surface area (Å²) >= 11 is 0. The largest absolute Gasteiger partial charge is 0.465 e. The molecule has 27 heavy (non-hydrogen) atoms. The standard InChI is InChI=1S/C19H27N3O5/c20-15(23)13-3-11-2-12(11)22(13)16(24)14(21-17(25)26)18-4-9-1-10(5-18)7-19(27,6-9)8-18/h9-14,21,27H,1-8H2,(H2,20,23)(H,25,26)/t9?,10?,11-,12-,13-,14+,18?,19?/m0/s1. The van der Waals surface area contributed by atoms with Gasteiger partial charge in [0, 0.05) is 11.5 Å². The molecule has 0 radical (unpaired) electrons. The van der Waals surface area contributed by atoms with Crippen molar-refractivity contribution < 1.29 is 24.6 Å². The predicted octanol–water partition coefficient (Wildman–Crippen LogP) is 0.429. The number of likely N-dealkylation sites (tertiary alicyclic amines) is 1. The summed E-state index contributed by atoms with van der Waals surface area (Å²) in [6.45, 7) is 0. The summed E-state index contributed by atoms with van der Waals surface area (Å²) in [6.07, 6.45) is 4.71. The van der Waals surface area contributed by atoms with Gasteiger partial charge in [0.1, 0.15) is 12.1 Å². The topological polar surface area (TPSA) is 133 Å². The van der Waals surface area contributed by atoms with Crippen LogP contribution in [-0.4, -0.2) is 56.7 Å². The Morgan fingerprint density at radius 2 is 1.74 bits per heavy atom. The summed E-state index contributed by atoms with van der Waals surface area (Å²) in [5, 5.41) is 23.0. The third-order valence-electron chi connectivity index (χ3n) is 7.89. The van der Waals surface area contributed by atoms with Crippen LogP contribution in [0.5, 0.6) is 0 Å². The maximum absolute atomic E-state index is 13.6. The van der Waals surface area contributed by atoms with E-state index in [1.165, 1.54) is 0 Å². The van der Waals surface area contributed by atoms with Crippen molar-refractivity contribution in [3.05, 3.63) is 0 Å². The highest BCUT2D eigenvalue weighted by atomic mass is 16.4. The number of nitrogens with two attached hydrogens (primary N) is 1. The van der Waals surface area contributed by atoms with Crippen LogP contribution in [0.2, 0.25) is 0 Å². The second-order valence-electron chi connectivity index (χ2n) is 9.89. The fourth-order valence-corrected chi connectivity index (χ4v) is 7.40. The van der Waals surface area contributed by atoms with Gasteiger partial charge in [-0.05, 0) is 69.1 Å². The molecule has 1 saturated heterocycles. The summed E-state index contributed by atoms with van der Waals surface area (Å²) in [6, 6.07) is -1.56. The number of primary amides is 1. The van der Waals surface area contributed by atoms with Crippen LogP contribution in [0.15, 0.2) is 0 Å². The van der Waals surface area contributed by atoms with E-state index in [2.05, 4.69) is 5.32 Å². The molecule has 0 aromatic carbocycles. The molecular formula is C19H27N3O5. The highest BCUT2D eigenvalue weighted by Gasteiger charge is 2.64. The second kappa shape index (κ2) is 5.37. The van der Waals surface area contributed by atoms with Crippen LogP contribution in [0.3, 0.4) is 0 Å². The second-order valence-corrected chi connectivity index (χ2v) is 9.89. The van der Waals surface area contributed by atoms with E-state index in [1.54, 1.807) is 4.90 Å². The molecule has 148 valence electrons. The molecule has 1 aliphatic heterocycles. The molecule has 0 aromatic heterocycles. The lowest BCUT2D eigenvalue weighted by Gasteiger charge is -2.62. The number of rotatable bonds is 4. The first-order chi connectivity index (χ1) is 12.7. The van der Waals surface area contributed by atoms with Gasteiger partial charge in [0.2, 0.25) is 11.8 Å². The fourth-order valence-electron chi connectivity index (χ4n) is 7.40. The van der Waals surface area contributed by atoms with Crippen LogP contribution in [0.25, 0.3) is 0 Å². The van der Waals surface area contributed by atoms with Crippen molar-refractivity contribution in [2.24, 2.45) is 28.9 Å². The summed E-state index contributed by atoms with van der Waals surface area (Å²) in [5.41, 5.74) is 4.17. The Bertz CT molecular complexity index is 710. The zero-order valence-corrected chi connectivity index (χ0v) is 15.3. The monoisotopic (exact) mass is 377 g/mol. The van der Waals surface area contributed by atoms with Crippen molar-refractivity contribution in [1.29, 1.82) is 0 Å². The minimum Gasteiger partial charge on any atom is -0.465 e. The highest BCUT2D eigenvalue weighted by molar-refractivity contribution is 5.92. The van der Waals surface area contributed by atoms with Gasteiger partial charge < -0.3 is 26.2 Å². The number of hydrogen-bond acceptors (Lipinski definition) is 4. The minimum atomic E-state index is -1.24. The van der Waals surface area contributed by atoms with Gasteiger partial charge in [0.05, 0.1) is 5.60 Å². The highest BCUT2D eigenvalue weighted by Crippen LogP contribution is 2.63. The average molecular weight is 377 g/mol. The van der Waals surface area contributed by atoms with Gasteiger partial charge in [0.15, 0.2) is 0 Å². The van der Waals surface area contributed by atoms with Crippen molar-refractivity contribution in [2.75, 3.05) is 0 Å². The molecule has 5 saturated carbocycles. The molecule has 8 heteroatoms. The molecule has 6 atom stereocenters. The Morgan fingerprint density at radius 3 is 2.30 bits per heavy atom. The van der Waals surface area contributed by atoms with E-state index in [1.807, 2.05) is 0 Å². The first kappa shape index (κ1) is 17.3. The first-order valence-corrected chi connectivity index (χ1v) is 10.0. The summed E-state index contributed by atoms with van der Waals surface area (Å²) in [7, 11) is 0. The summed E-state index contributed by atoms with van der Waals surface area (Å²) < 4.78 is 0. The maximum Gasteiger partial charge on any atom is 0.405 e. The Balaban J connectivity index is 1.49. The lowest BCUT2D eigenvalue weighted by atomic mass is 9.46. The SMILES string of the molecule is NC(=O)[C@@H]1C[C@@H]2C[C@@H]2N1C(=O)[C@@H](NC(=O)O)C12CC3CC(CC(O)(C3)C1)C2. The van der Waals surface area contributed by atoms with Gasteiger partial charge in [-0.25, -0.2) is 4.79 Å². The molecule has 2 unspecified atom stereocenters. The van der Waals surface area contributed by atoms with Crippen molar-refractivity contribution >= 4 is 17.9 Å². The third-order valence-corrected chi connectivity index (χ3v) is 7.89. The van der Waals surface area contributed by atoms with E-state index < -0.39 is 35.1 Å². The number of carboxylic acid groups (broad SMARTS) is 1. The molecule has 5 aliphatic carbocycles. The zero-order chi connectivity index (χ0) is 19.1. The van der Waals surface area contributed by atoms with Crippen LogP contribution in [0.4, 0.5) is 4.79 Å². The van der Waals surface area contributed by atoms with E-state index >= 15 is 0 Å². The number of carbonyl (C=O) groups excluding carboxylic acids is 2. The van der Waals surface area contributed by atoms with E-state index in [-0.39, 0.29) is 11.9 Å². The van der Waals surface area contributed by atoms with Crippen LogP contribution < -0.4 is 11.1 Å². The third kappa shape index (κ3) is 2.56. The smallest absolute Gasteiger partial charge is 0.405 e. The van der Waals surface area contributed by atoms with E-state index in [0.29, 0.717) is 30.6 Å². The van der Waals surface area contributed by atoms with E-state index in [4.69, 9.17) is 5.73 Å². The molecular weight excluding hydrogens is 350 g/mol. The van der Waals surface area contributed by atoms with E-state index in [0.717, 1.165) is 38.5 Å². The Labute approximate surface area is 157 Å². The number of fused-ring (bicyclic) bond motifs is 1. The molecule has 4 bridgehead atoms. The molecule has 0 aromatic rings. The van der Waals surface area contributed by atoms with Gasteiger partial charge in [-0.2, -0.15) is 0 Å². The summed E-state index contributed by atoms with van der Waals surface area (Å²) in [4.78, 5) is 38.6. The van der Waals surface area contributed by atoms with Crippen LogP contribution >= 0.6 is 0 Å². The normalized spacial score (nSPS) is 47.4. The zero-order valence-electron chi connectivity index (χ0n) is 15.3. The van der Waals surface area contributed by atoms with Crippen LogP contribution in [-0.2, 0) is 9.59 Å². The number of hydrogen-bond donors (Lipinski definition) is 4. The molecule has 8 nitrogen and oxygen atoms in total. The van der Waals surface area contributed by atoms with Gasteiger partial charge in [0.25, 0.3) is 0 Å². The molecule has 6 fully saturated rings. The number of nitrogens with one attached hydrogen (secondary N) is 1. The Kier molecular flexibility index (Phi) is 3.44. The lowest BCUT2D eigenvalue weighted by molar-refractivity contribution is -0.180. The van der Waals surface area contributed by atoms with Gasteiger partial charge >= 0.3 is 6.09 Å². The Hall–Kier alpha value is -1.83. The maximum atomic E-state index is 13.6. The number of aliphatic hydroxyl groups is 1. The fraction of sp³-hybridized carbons (Fsp3) is 0.842. The number of carbonyl (C=O) groups is 3. The molecule has 0 spiro atoms. The van der Waals surface area contributed by atoms with Crippen LogP contribution in [0, 0.1) is 23.2 Å². The molecule has 3 amide bonds. The molecule has 6 rings (SSSR count). The molecule has 5 N–H and O–H groups in total. The van der Waals surface area contributed by atoms with Gasteiger partial charge in [-0.1, -0.05) is 0 Å². The van der Waals surface area contributed by atoms with Gasteiger partial charge in [-0.15, -0.1) is 0 Å².